The van der Waals surface area contributed by atoms with Crippen molar-refractivity contribution in [2.24, 2.45) is 5.92 Å². The zero-order valence-electron chi connectivity index (χ0n) is 17.4. The van der Waals surface area contributed by atoms with Gasteiger partial charge in [0, 0.05) is 50.1 Å². The van der Waals surface area contributed by atoms with E-state index in [0.717, 1.165) is 56.5 Å². The van der Waals surface area contributed by atoms with Crippen LogP contribution in [-0.2, 0) is 26.0 Å². The van der Waals surface area contributed by atoms with E-state index in [2.05, 4.69) is 0 Å². The molecule has 0 radical (unpaired) electrons. The third-order valence-corrected chi connectivity index (χ3v) is 9.94. The van der Waals surface area contributed by atoms with Gasteiger partial charge in [-0.15, -0.1) is 11.3 Å². The van der Waals surface area contributed by atoms with Crippen LogP contribution < -0.4 is 0 Å². The molecule has 166 valence electrons. The Morgan fingerprint density at radius 1 is 0.867 bits per heavy atom. The van der Waals surface area contributed by atoms with Crippen LogP contribution in [0, 0.1) is 5.92 Å². The average Bonchev–Trinajstić information content (AvgIpc) is 3.47. The maximum atomic E-state index is 12.7. The van der Waals surface area contributed by atoms with Gasteiger partial charge in [0.2, 0.25) is 11.8 Å². The van der Waals surface area contributed by atoms with Gasteiger partial charge in [-0.1, -0.05) is 0 Å². The molecule has 3 fully saturated rings. The minimum atomic E-state index is -3.42. The molecule has 0 N–H and O–H groups in total. The molecule has 3 aliphatic rings. The number of thiophene rings is 1. The summed E-state index contributed by atoms with van der Waals surface area (Å²) in [5.41, 5.74) is 0. The normalized spacial score (nSPS) is 21.9. The van der Waals surface area contributed by atoms with Gasteiger partial charge >= 0.3 is 0 Å². The molecule has 9 heteroatoms. The highest BCUT2D eigenvalue weighted by Crippen LogP contribution is 2.28. The number of carbonyl (C=O) groups is 2. The molecule has 7 nitrogen and oxygen atoms in total. The van der Waals surface area contributed by atoms with Crippen molar-refractivity contribution in [3.63, 3.8) is 0 Å². The van der Waals surface area contributed by atoms with Crippen molar-refractivity contribution < 1.29 is 18.0 Å². The average molecular weight is 454 g/mol. The molecule has 1 aromatic rings. The second-order valence-corrected chi connectivity index (χ2v) is 11.9. The van der Waals surface area contributed by atoms with Gasteiger partial charge in [-0.3, -0.25) is 9.59 Å². The number of likely N-dealkylation sites (tertiary alicyclic amines) is 2. The first-order chi connectivity index (χ1) is 14.4. The molecule has 3 aliphatic heterocycles. The number of hydrogen-bond acceptors (Lipinski definition) is 5. The summed E-state index contributed by atoms with van der Waals surface area (Å²) in [6.45, 7) is 4.12. The van der Waals surface area contributed by atoms with E-state index in [1.54, 1.807) is 12.1 Å². The van der Waals surface area contributed by atoms with Crippen molar-refractivity contribution in [3.8, 4) is 0 Å². The van der Waals surface area contributed by atoms with E-state index in [1.165, 1.54) is 22.1 Å². The lowest BCUT2D eigenvalue weighted by Gasteiger charge is -2.35. The molecule has 2 amide bonds. The molecule has 30 heavy (non-hydrogen) atoms. The number of rotatable bonds is 5. The Balaban J connectivity index is 1.29. The predicted molar refractivity (Wildman–Crippen MR) is 116 cm³/mol. The Bertz CT molecular complexity index is 863. The molecule has 0 aromatic carbocycles. The molecule has 1 aromatic heterocycles. The Morgan fingerprint density at radius 3 is 2.17 bits per heavy atom. The monoisotopic (exact) mass is 453 g/mol. The molecular formula is C21H31N3O4S2. The van der Waals surface area contributed by atoms with Crippen LogP contribution in [0.25, 0.3) is 0 Å². The molecular weight excluding hydrogens is 422 g/mol. The minimum absolute atomic E-state index is 0.0193. The third-order valence-electron chi connectivity index (χ3n) is 6.49. The van der Waals surface area contributed by atoms with E-state index in [1.807, 2.05) is 9.80 Å². The molecule has 4 heterocycles. The van der Waals surface area contributed by atoms with Crippen molar-refractivity contribution in [2.45, 2.75) is 55.6 Å². The molecule has 4 rings (SSSR count). The summed E-state index contributed by atoms with van der Waals surface area (Å²) in [7, 11) is -3.42. The molecule has 0 atom stereocenters. The van der Waals surface area contributed by atoms with E-state index in [4.69, 9.17) is 0 Å². The maximum Gasteiger partial charge on any atom is 0.252 e. The van der Waals surface area contributed by atoms with Crippen LogP contribution in [0.5, 0.6) is 0 Å². The van der Waals surface area contributed by atoms with Crippen LogP contribution in [0.3, 0.4) is 0 Å². The molecule has 0 saturated carbocycles. The molecule has 0 spiro atoms. The van der Waals surface area contributed by atoms with Gasteiger partial charge in [0.05, 0.1) is 6.42 Å². The molecule has 0 aliphatic carbocycles. The standard InChI is InChI=1S/C21H31N3O4S2/c25-19(16-18-6-7-20(29-18)30(27,28)24-12-4-5-13-24)22-14-8-17(9-15-22)21(26)23-10-2-1-3-11-23/h6-7,17H,1-5,8-16H2. The van der Waals surface area contributed by atoms with Crippen molar-refractivity contribution >= 4 is 33.2 Å². The summed E-state index contributed by atoms with van der Waals surface area (Å²) in [5.74, 6) is 0.314. The first-order valence-corrected chi connectivity index (χ1v) is 13.4. The third kappa shape index (κ3) is 4.73. The lowest BCUT2D eigenvalue weighted by molar-refractivity contribution is -0.141. The minimum Gasteiger partial charge on any atom is -0.342 e. The Kier molecular flexibility index (Phi) is 6.79. The predicted octanol–water partition coefficient (Wildman–Crippen LogP) is 2.33. The van der Waals surface area contributed by atoms with Crippen LogP contribution in [0.2, 0.25) is 0 Å². The summed E-state index contributed by atoms with van der Waals surface area (Å²) >= 11 is 1.21. The van der Waals surface area contributed by atoms with Gasteiger partial charge in [0.1, 0.15) is 4.21 Å². The van der Waals surface area contributed by atoms with Gasteiger partial charge in [0.15, 0.2) is 0 Å². The van der Waals surface area contributed by atoms with Crippen LogP contribution in [0.4, 0.5) is 0 Å². The lowest BCUT2D eigenvalue weighted by Crippen LogP contribution is -2.46. The highest BCUT2D eigenvalue weighted by Gasteiger charge is 2.32. The Hall–Kier alpha value is -1.45. The summed E-state index contributed by atoms with van der Waals surface area (Å²) in [4.78, 5) is 30.0. The fraction of sp³-hybridized carbons (Fsp3) is 0.714. The van der Waals surface area contributed by atoms with Gasteiger partial charge in [-0.25, -0.2) is 8.42 Å². The Labute approximate surface area is 183 Å². The van der Waals surface area contributed by atoms with Gasteiger partial charge in [-0.05, 0) is 57.1 Å². The number of carbonyl (C=O) groups excluding carboxylic acids is 2. The molecule has 3 saturated heterocycles. The summed E-state index contributed by atoms with van der Waals surface area (Å²) in [6, 6.07) is 3.39. The van der Waals surface area contributed by atoms with Crippen molar-refractivity contribution in [1.29, 1.82) is 0 Å². The number of hydrogen-bond donors (Lipinski definition) is 0. The van der Waals surface area contributed by atoms with E-state index in [-0.39, 0.29) is 24.2 Å². The van der Waals surface area contributed by atoms with Gasteiger partial charge in [-0.2, -0.15) is 4.31 Å². The largest absolute Gasteiger partial charge is 0.342 e. The van der Waals surface area contributed by atoms with Crippen LogP contribution in [-0.4, -0.2) is 73.6 Å². The van der Waals surface area contributed by atoms with Gasteiger partial charge < -0.3 is 9.80 Å². The highest BCUT2D eigenvalue weighted by molar-refractivity contribution is 7.91. The van der Waals surface area contributed by atoms with Crippen molar-refractivity contribution in [3.05, 3.63) is 17.0 Å². The first-order valence-electron chi connectivity index (χ1n) is 11.1. The molecule has 0 bridgehead atoms. The quantitative estimate of drug-likeness (QED) is 0.686. The molecule has 0 unspecified atom stereocenters. The van der Waals surface area contributed by atoms with Crippen LogP contribution in [0.15, 0.2) is 16.3 Å². The lowest BCUT2D eigenvalue weighted by atomic mass is 9.94. The van der Waals surface area contributed by atoms with Crippen molar-refractivity contribution in [1.82, 2.24) is 14.1 Å². The van der Waals surface area contributed by atoms with Crippen LogP contribution >= 0.6 is 11.3 Å². The first kappa shape index (κ1) is 21.8. The smallest absolute Gasteiger partial charge is 0.252 e. The maximum absolute atomic E-state index is 12.7. The number of amides is 2. The summed E-state index contributed by atoms with van der Waals surface area (Å²) in [5, 5.41) is 0. The summed E-state index contributed by atoms with van der Waals surface area (Å²) in [6.07, 6.45) is 6.89. The Morgan fingerprint density at radius 2 is 1.50 bits per heavy atom. The zero-order valence-corrected chi connectivity index (χ0v) is 19.1. The number of piperidine rings is 2. The second kappa shape index (κ2) is 9.36. The van der Waals surface area contributed by atoms with E-state index < -0.39 is 10.0 Å². The van der Waals surface area contributed by atoms with E-state index >= 15 is 0 Å². The van der Waals surface area contributed by atoms with E-state index in [0.29, 0.717) is 30.4 Å². The highest BCUT2D eigenvalue weighted by atomic mass is 32.2. The number of nitrogens with zero attached hydrogens (tertiary/aromatic N) is 3. The SMILES string of the molecule is O=C(Cc1ccc(S(=O)(=O)N2CCCC2)s1)N1CCC(C(=O)N2CCCCC2)CC1. The van der Waals surface area contributed by atoms with Gasteiger partial charge in [0.25, 0.3) is 10.0 Å². The van der Waals surface area contributed by atoms with E-state index in [9.17, 15) is 18.0 Å². The fourth-order valence-corrected chi connectivity index (χ4v) is 7.67. The van der Waals surface area contributed by atoms with Crippen LogP contribution in [0.1, 0.15) is 49.8 Å². The zero-order chi connectivity index (χ0) is 21.1. The second-order valence-electron chi connectivity index (χ2n) is 8.55. The number of sulfonamides is 1. The van der Waals surface area contributed by atoms with Crippen molar-refractivity contribution in [2.75, 3.05) is 39.3 Å². The summed E-state index contributed by atoms with van der Waals surface area (Å²) < 4.78 is 27.2. The fourth-order valence-electron chi connectivity index (χ4n) is 4.66. The topological polar surface area (TPSA) is 78.0 Å².